The third-order valence-electron chi connectivity index (χ3n) is 1.98. The summed E-state index contributed by atoms with van der Waals surface area (Å²) in [7, 11) is 0.309. The molecule has 0 radical (unpaired) electrons. The monoisotopic (exact) mass is 229 g/mol. The van der Waals surface area contributed by atoms with E-state index in [1.54, 1.807) is 13.2 Å². The fourth-order valence-electron chi connectivity index (χ4n) is 1.21. The summed E-state index contributed by atoms with van der Waals surface area (Å²) in [6.07, 6.45) is 0. The van der Waals surface area contributed by atoms with Crippen LogP contribution in [-0.2, 0) is 11.3 Å². The highest BCUT2D eigenvalue weighted by Crippen LogP contribution is 2.06. The topological polar surface area (TPSA) is 61.7 Å². The van der Waals surface area contributed by atoms with Crippen LogP contribution in [0.3, 0.4) is 0 Å². The van der Waals surface area contributed by atoms with E-state index in [1.807, 2.05) is 13.0 Å². The smallest absolute Gasteiger partial charge is 0.423 e. The molecule has 0 fully saturated rings. The first-order valence-electron chi connectivity index (χ1n) is 4.80. The molecule has 0 bridgehead atoms. The molecule has 15 heavy (non-hydrogen) atoms. The third-order valence-corrected chi connectivity index (χ3v) is 3.10. The molecule has 0 saturated heterocycles. The van der Waals surface area contributed by atoms with E-state index in [4.69, 9.17) is 14.8 Å². The van der Waals surface area contributed by atoms with Crippen molar-refractivity contribution in [3.8, 4) is 0 Å². The van der Waals surface area contributed by atoms with Gasteiger partial charge in [-0.2, -0.15) is 0 Å². The van der Waals surface area contributed by atoms with Gasteiger partial charge < -0.3 is 20.1 Å². The summed E-state index contributed by atoms with van der Waals surface area (Å²) in [5.41, 5.74) is 0. The van der Waals surface area contributed by atoms with Crippen molar-refractivity contribution >= 4 is 23.2 Å². The maximum Gasteiger partial charge on any atom is 0.499 e. The van der Waals surface area contributed by atoms with Crippen LogP contribution in [0.5, 0.6) is 0 Å². The zero-order valence-corrected chi connectivity index (χ0v) is 9.75. The van der Waals surface area contributed by atoms with E-state index in [2.05, 4.69) is 5.32 Å². The summed E-state index contributed by atoms with van der Waals surface area (Å²) < 4.78 is 5.57. The van der Waals surface area contributed by atoms with Crippen molar-refractivity contribution in [2.75, 3.05) is 13.7 Å². The van der Waals surface area contributed by atoms with Crippen molar-refractivity contribution in [3.05, 3.63) is 17.0 Å². The fraction of sp³-hybridized carbons (Fsp3) is 0.556. The summed E-state index contributed by atoms with van der Waals surface area (Å²) in [5.74, 6) is 0. The second kappa shape index (κ2) is 6.24. The van der Waals surface area contributed by atoms with Crippen molar-refractivity contribution in [2.24, 2.45) is 0 Å². The molecule has 0 amide bonds. The highest BCUT2D eigenvalue weighted by molar-refractivity contribution is 7.22. The van der Waals surface area contributed by atoms with Gasteiger partial charge in [0, 0.05) is 29.4 Å². The normalized spacial score (nSPS) is 12.8. The molecule has 1 aromatic rings. The Labute approximate surface area is 94.0 Å². The van der Waals surface area contributed by atoms with Crippen LogP contribution in [0, 0.1) is 0 Å². The van der Waals surface area contributed by atoms with E-state index in [0.717, 1.165) is 11.4 Å². The van der Waals surface area contributed by atoms with Gasteiger partial charge >= 0.3 is 7.12 Å². The van der Waals surface area contributed by atoms with E-state index >= 15 is 0 Å². The Morgan fingerprint density at radius 2 is 2.27 bits per heavy atom. The maximum absolute atomic E-state index is 8.92. The minimum atomic E-state index is -1.36. The number of thiophene rings is 1. The van der Waals surface area contributed by atoms with Crippen LogP contribution in [0.1, 0.15) is 11.8 Å². The predicted molar refractivity (Wildman–Crippen MR) is 62.3 cm³/mol. The lowest BCUT2D eigenvalue weighted by Gasteiger charge is -2.11. The highest BCUT2D eigenvalue weighted by atomic mass is 32.1. The number of nitrogens with one attached hydrogen (secondary N) is 1. The van der Waals surface area contributed by atoms with Gasteiger partial charge in [-0.1, -0.05) is 6.07 Å². The van der Waals surface area contributed by atoms with Crippen LogP contribution < -0.4 is 10.1 Å². The van der Waals surface area contributed by atoms with E-state index in [-0.39, 0.29) is 0 Å². The Morgan fingerprint density at radius 1 is 1.53 bits per heavy atom. The standard InChI is InChI=1S/C9H16BNO3S/c1-7(6-14-2)11-5-8-3-4-9(15-8)10(12)13/h3-4,7,11-13H,5-6H2,1-2H3. The van der Waals surface area contributed by atoms with Crippen LogP contribution in [-0.4, -0.2) is 36.9 Å². The van der Waals surface area contributed by atoms with Gasteiger partial charge in [0.2, 0.25) is 0 Å². The number of hydrogen-bond acceptors (Lipinski definition) is 5. The number of rotatable bonds is 6. The summed E-state index contributed by atoms with van der Waals surface area (Å²) in [6.45, 7) is 3.43. The molecular weight excluding hydrogens is 213 g/mol. The summed E-state index contributed by atoms with van der Waals surface area (Å²) in [5, 5.41) is 21.1. The average molecular weight is 229 g/mol. The minimum absolute atomic E-state index is 0.291. The van der Waals surface area contributed by atoms with E-state index in [1.165, 1.54) is 11.3 Å². The maximum atomic E-state index is 8.92. The largest absolute Gasteiger partial charge is 0.499 e. The third kappa shape index (κ3) is 4.32. The second-order valence-corrected chi connectivity index (χ2v) is 4.61. The molecule has 1 rings (SSSR count). The first-order chi connectivity index (χ1) is 7.13. The van der Waals surface area contributed by atoms with Crippen LogP contribution in [0.15, 0.2) is 12.1 Å². The van der Waals surface area contributed by atoms with Gasteiger partial charge in [-0.15, -0.1) is 11.3 Å². The zero-order chi connectivity index (χ0) is 11.3. The van der Waals surface area contributed by atoms with Gasteiger partial charge in [-0.3, -0.25) is 0 Å². The highest BCUT2D eigenvalue weighted by Gasteiger charge is 2.13. The van der Waals surface area contributed by atoms with Gasteiger partial charge in [-0.05, 0) is 13.0 Å². The molecule has 0 aliphatic rings. The Bertz CT molecular complexity index is 293. The lowest BCUT2D eigenvalue weighted by molar-refractivity contribution is 0.172. The van der Waals surface area contributed by atoms with E-state index in [9.17, 15) is 0 Å². The fourth-order valence-corrected chi connectivity index (χ4v) is 2.05. The molecular formula is C9H16BNO3S. The Hall–Kier alpha value is -0.395. The number of ether oxygens (including phenoxy) is 1. The molecule has 0 saturated carbocycles. The summed E-state index contributed by atoms with van der Waals surface area (Å²) in [6, 6.07) is 3.92. The molecule has 1 heterocycles. The quantitative estimate of drug-likeness (QED) is 0.578. The predicted octanol–water partition coefficient (Wildman–Crippen LogP) is -0.448. The molecule has 84 valence electrons. The number of hydrogen-bond donors (Lipinski definition) is 3. The average Bonchev–Trinajstić information content (AvgIpc) is 2.63. The van der Waals surface area contributed by atoms with Gasteiger partial charge in [0.1, 0.15) is 0 Å². The zero-order valence-electron chi connectivity index (χ0n) is 8.93. The molecule has 1 atom stereocenters. The molecule has 1 unspecified atom stereocenters. The first kappa shape index (κ1) is 12.7. The molecule has 0 aliphatic heterocycles. The van der Waals surface area contributed by atoms with Crippen molar-refractivity contribution < 1.29 is 14.8 Å². The molecule has 0 aromatic carbocycles. The van der Waals surface area contributed by atoms with Gasteiger partial charge in [0.05, 0.1) is 6.61 Å². The molecule has 4 nitrogen and oxygen atoms in total. The molecule has 0 aliphatic carbocycles. The molecule has 6 heteroatoms. The lowest BCUT2D eigenvalue weighted by atomic mass is 9.90. The Morgan fingerprint density at radius 3 is 2.80 bits per heavy atom. The molecule has 0 spiro atoms. The van der Waals surface area contributed by atoms with E-state index < -0.39 is 7.12 Å². The van der Waals surface area contributed by atoms with E-state index in [0.29, 0.717) is 17.4 Å². The first-order valence-corrected chi connectivity index (χ1v) is 5.62. The van der Waals surface area contributed by atoms with Crippen molar-refractivity contribution in [3.63, 3.8) is 0 Å². The molecule has 3 N–H and O–H groups in total. The van der Waals surface area contributed by atoms with Crippen molar-refractivity contribution in [1.29, 1.82) is 0 Å². The number of methoxy groups -OCH3 is 1. The summed E-state index contributed by atoms with van der Waals surface area (Å²) >= 11 is 1.40. The van der Waals surface area contributed by atoms with Crippen molar-refractivity contribution in [2.45, 2.75) is 19.5 Å². The summed E-state index contributed by atoms with van der Waals surface area (Å²) in [4.78, 5) is 1.08. The molecule has 1 aromatic heterocycles. The van der Waals surface area contributed by atoms with Crippen LogP contribution in [0.25, 0.3) is 0 Å². The van der Waals surface area contributed by atoms with Crippen LogP contribution in [0.4, 0.5) is 0 Å². The second-order valence-electron chi connectivity index (χ2n) is 3.42. The van der Waals surface area contributed by atoms with Crippen LogP contribution >= 0.6 is 11.3 Å². The van der Waals surface area contributed by atoms with Gasteiger partial charge in [-0.25, -0.2) is 0 Å². The Balaban J connectivity index is 2.37. The van der Waals surface area contributed by atoms with Crippen LogP contribution in [0.2, 0.25) is 0 Å². The van der Waals surface area contributed by atoms with Crippen molar-refractivity contribution in [1.82, 2.24) is 5.32 Å². The van der Waals surface area contributed by atoms with Gasteiger partial charge in [0.25, 0.3) is 0 Å². The van der Waals surface area contributed by atoms with Gasteiger partial charge in [0.15, 0.2) is 0 Å². The Kier molecular flexibility index (Phi) is 5.28. The SMILES string of the molecule is COCC(C)NCc1ccc(B(O)O)s1. The lowest BCUT2D eigenvalue weighted by Crippen LogP contribution is -2.29. The minimum Gasteiger partial charge on any atom is -0.423 e.